The first-order valence-electron chi connectivity index (χ1n) is 8.75. The van der Waals surface area contributed by atoms with Crippen LogP contribution in [0.2, 0.25) is 5.02 Å². The Labute approximate surface area is 189 Å². The lowest BCUT2D eigenvalue weighted by Gasteiger charge is -2.16. The molecule has 1 heterocycles. The van der Waals surface area contributed by atoms with Crippen LogP contribution in [0.1, 0.15) is 12.5 Å². The molecule has 1 aromatic heterocycles. The highest BCUT2D eigenvalue weighted by Gasteiger charge is 2.34. The van der Waals surface area contributed by atoms with Gasteiger partial charge in [-0.15, -0.1) is 10.2 Å². The van der Waals surface area contributed by atoms with Crippen molar-refractivity contribution in [2.24, 2.45) is 0 Å². The monoisotopic (exact) mass is 488 g/mol. The molecular weight excluding hydrogens is 473 g/mol. The van der Waals surface area contributed by atoms with Crippen LogP contribution < -0.4 is 15.4 Å². The first kappa shape index (κ1) is 23.2. The molecule has 0 fully saturated rings. The van der Waals surface area contributed by atoms with E-state index in [0.717, 1.165) is 23.9 Å². The van der Waals surface area contributed by atoms with Gasteiger partial charge in [0.25, 0.3) is 0 Å². The van der Waals surface area contributed by atoms with Crippen LogP contribution in [0.5, 0.6) is 5.75 Å². The number of benzene rings is 2. The maximum absolute atomic E-state index is 13.2. The van der Waals surface area contributed by atoms with Gasteiger partial charge in [-0.1, -0.05) is 46.8 Å². The number of alkyl halides is 3. The number of ether oxygens (including phenoxy) is 1. The summed E-state index contributed by atoms with van der Waals surface area (Å²) in [7, 11) is 1.55. The number of nitrogens with zero attached hydrogens (tertiary/aromatic N) is 2. The van der Waals surface area contributed by atoms with Crippen LogP contribution in [0.3, 0.4) is 0 Å². The maximum Gasteiger partial charge on any atom is 0.418 e. The number of amides is 1. The quantitative estimate of drug-likeness (QED) is 0.392. The van der Waals surface area contributed by atoms with Crippen molar-refractivity contribution in [1.82, 2.24) is 10.2 Å². The number of carbonyl (C=O) groups is 1. The molecule has 3 aromatic rings. The highest BCUT2D eigenvalue weighted by Crippen LogP contribution is 2.37. The van der Waals surface area contributed by atoms with Crippen molar-refractivity contribution in [1.29, 1.82) is 0 Å². The van der Waals surface area contributed by atoms with Gasteiger partial charge in [-0.05, 0) is 37.3 Å². The Balaban J connectivity index is 1.66. The van der Waals surface area contributed by atoms with Gasteiger partial charge in [0.2, 0.25) is 11.0 Å². The molecule has 164 valence electrons. The molecule has 3 rings (SSSR count). The second-order valence-electron chi connectivity index (χ2n) is 6.14. The topological polar surface area (TPSA) is 76.1 Å². The molecule has 1 unspecified atom stereocenters. The number of carbonyl (C=O) groups excluding carboxylic acids is 1. The summed E-state index contributed by atoms with van der Waals surface area (Å²) in [5.74, 6) is 0.0235. The van der Waals surface area contributed by atoms with Gasteiger partial charge >= 0.3 is 6.18 Å². The molecule has 2 N–H and O–H groups in total. The number of methoxy groups -OCH3 is 1. The number of hydrogen-bond acceptors (Lipinski definition) is 7. The van der Waals surface area contributed by atoms with Crippen LogP contribution in [-0.4, -0.2) is 28.5 Å². The molecule has 0 aliphatic heterocycles. The number of para-hydroxylation sites is 2. The summed E-state index contributed by atoms with van der Waals surface area (Å²) in [6.45, 7) is 1.57. The first-order chi connectivity index (χ1) is 14.7. The minimum absolute atomic E-state index is 0.0725. The van der Waals surface area contributed by atoms with Crippen LogP contribution in [0, 0.1) is 0 Å². The average molecular weight is 489 g/mol. The molecular formula is C19H16ClF3N4O2S2. The Morgan fingerprint density at radius 2 is 1.94 bits per heavy atom. The minimum atomic E-state index is -4.65. The zero-order chi connectivity index (χ0) is 22.6. The zero-order valence-corrected chi connectivity index (χ0v) is 18.5. The van der Waals surface area contributed by atoms with Gasteiger partial charge in [-0.25, -0.2) is 0 Å². The predicted molar refractivity (Wildman–Crippen MR) is 117 cm³/mol. The fourth-order valence-electron chi connectivity index (χ4n) is 2.47. The van der Waals surface area contributed by atoms with E-state index in [4.69, 9.17) is 16.3 Å². The van der Waals surface area contributed by atoms with Crippen molar-refractivity contribution in [3.8, 4) is 5.75 Å². The van der Waals surface area contributed by atoms with Gasteiger partial charge in [-0.3, -0.25) is 4.79 Å². The molecule has 0 bridgehead atoms. The third-order valence-corrected chi connectivity index (χ3v) is 6.20. The summed E-state index contributed by atoms with van der Waals surface area (Å²) >= 11 is 7.95. The third kappa shape index (κ3) is 6.02. The number of rotatable bonds is 7. The Morgan fingerprint density at radius 3 is 2.65 bits per heavy atom. The molecule has 0 spiro atoms. The van der Waals surface area contributed by atoms with Gasteiger partial charge in [0.1, 0.15) is 5.75 Å². The SMILES string of the molecule is COc1ccccc1Nc1nnc(SC(C)C(=O)Nc2ccc(Cl)cc2C(F)(F)F)s1. The standard InChI is InChI=1S/C19H16ClF3N4O2S2/c1-10(16(28)24-13-8-7-11(20)9-12(13)19(21,22)23)30-18-27-26-17(31-18)25-14-5-3-4-6-15(14)29-2/h3-10H,1-2H3,(H,24,28)(H,25,26). The van der Waals surface area contributed by atoms with Gasteiger partial charge in [-0.2, -0.15) is 13.2 Å². The molecule has 12 heteroatoms. The smallest absolute Gasteiger partial charge is 0.418 e. The number of anilines is 3. The summed E-state index contributed by atoms with van der Waals surface area (Å²) < 4.78 is 45.4. The summed E-state index contributed by atoms with van der Waals surface area (Å²) in [4.78, 5) is 12.5. The van der Waals surface area contributed by atoms with Crippen molar-refractivity contribution in [3.05, 3.63) is 53.1 Å². The molecule has 1 atom stereocenters. The third-order valence-electron chi connectivity index (χ3n) is 3.95. The van der Waals surface area contributed by atoms with Gasteiger partial charge in [0, 0.05) is 5.02 Å². The molecule has 2 aromatic carbocycles. The van der Waals surface area contributed by atoms with Crippen molar-refractivity contribution >= 4 is 57.1 Å². The number of nitrogens with one attached hydrogen (secondary N) is 2. The Morgan fingerprint density at radius 1 is 1.19 bits per heavy atom. The number of thioether (sulfide) groups is 1. The van der Waals surface area contributed by atoms with E-state index in [9.17, 15) is 18.0 Å². The van der Waals surface area contributed by atoms with E-state index in [1.807, 2.05) is 18.2 Å². The molecule has 1 amide bonds. The second-order valence-corrected chi connectivity index (χ2v) is 9.14. The van der Waals surface area contributed by atoms with E-state index in [1.165, 1.54) is 17.4 Å². The Bertz CT molecular complexity index is 1080. The van der Waals surface area contributed by atoms with Crippen LogP contribution in [-0.2, 0) is 11.0 Å². The van der Waals surface area contributed by atoms with Gasteiger partial charge in [0.15, 0.2) is 4.34 Å². The fourth-order valence-corrected chi connectivity index (χ4v) is 4.55. The molecule has 6 nitrogen and oxygen atoms in total. The number of aromatic nitrogens is 2. The van der Waals surface area contributed by atoms with Crippen LogP contribution in [0.4, 0.5) is 29.7 Å². The first-order valence-corrected chi connectivity index (χ1v) is 10.8. The summed E-state index contributed by atoms with van der Waals surface area (Å²) in [6, 6.07) is 10.4. The highest BCUT2D eigenvalue weighted by molar-refractivity contribution is 8.02. The molecule has 31 heavy (non-hydrogen) atoms. The number of halogens is 4. The number of hydrogen-bond donors (Lipinski definition) is 2. The molecule has 0 radical (unpaired) electrons. The maximum atomic E-state index is 13.2. The van der Waals surface area contributed by atoms with Crippen molar-refractivity contribution in [2.75, 3.05) is 17.7 Å². The normalized spacial score (nSPS) is 12.3. The van der Waals surface area contributed by atoms with E-state index in [1.54, 1.807) is 20.1 Å². The highest BCUT2D eigenvalue weighted by atomic mass is 35.5. The average Bonchev–Trinajstić information content (AvgIpc) is 3.15. The van der Waals surface area contributed by atoms with E-state index >= 15 is 0 Å². The van der Waals surface area contributed by atoms with Crippen LogP contribution in [0.15, 0.2) is 46.8 Å². The molecule has 0 aliphatic carbocycles. The summed E-state index contributed by atoms with van der Waals surface area (Å²) in [5.41, 5.74) is -0.666. The van der Waals surface area contributed by atoms with E-state index < -0.39 is 22.9 Å². The van der Waals surface area contributed by atoms with Crippen LogP contribution in [0.25, 0.3) is 0 Å². The van der Waals surface area contributed by atoms with Gasteiger partial charge < -0.3 is 15.4 Å². The molecule has 0 saturated heterocycles. The zero-order valence-electron chi connectivity index (χ0n) is 16.2. The summed E-state index contributed by atoms with van der Waals surface area (Å²) in [6.07, 6.45) is -4.65. The second kappa shape index (κ2) is 9.75. The predicted octanol–water partition coefficient (Wildman–Crippen LogP) is 6.08. The lowest BCUT2D eigenvalue weighted by Crippen LogP contribution is -2.24. The Hall–Kier alpha value is -2.50. The lowest BCUT2D eigenvalue weighted by atomic mass is 10.1. The largest absolute Gasteiger partial charge is 0.495 e. The minimum Gasteiger partial charge on any atom is -0.495 e. The Kier molecular flexibility index (Phi) is 7.29. The van der Waals surface area contributed by atoms with Crippen molar-refractivity contribution < 1.29 is 22.7 Å². The van der Waals surface area contributed by atoms with Gasteiger partial charge in [0.05, 0.1) is 29.3 Å². The lowest BCUT2D eigenvalue weighted by molar-refractivity contribution is -0.137. The molecule has 0 saturated carbocycles. The van der Waals surface area contributed by atoms with E-state index in [2.05, 4.69) is 20.8 Å². The van der Waals surface area contributed by atoms with E-state index in [0.29, 0.717) is 20.9 Å². The van der Waals surface area contributed by atoms with Crippen LogP contribution >= 0.6 is 34.7 Å². The summed E-state index contributed by atoms with van der Waals surface area (Å²) in [5, 5.41) is 13.1. The fraction of sp³-hybridized carbons (Fsp3) is 0.211. The molecule has 0 aliphatic rings. The van der Waals surface area contributed by atoms with Crippen molar-refractivity contribution in [3.63, 3.8) is 0 Å². The van der Waals surface area contributed by atoms with E-state index in [-0.39, 0.29) is 10.7 Å². The van der Waals surface area contributed by atoms with Crippen molar-refractivity contribution in [2.45, 2.75) is 22.7 Å².